The standard InChI is InChI=1S/C15H22BrN3O4/c1-15(2,3)23-14(22)18-7-5-4-6-17-12-11(16)8-10(9-19-12)13(20)21/h8-9H,4-7H2,1-3H3,(H,17,19)(H,18,22)(H,20,21). The van der Waals surface area contributed by atoms with Crippen molar-refractivity contribution in [1.29, 1.82) is 0 Å². The summed E-state index contributed by atoms with van der Waals surface area (Å²) in [6.07, 6.45) is 2.50. The molecule has 0 aliphatic carbocycles. The highest BCUT2D eigenvalue weighted by molar-refractivity contribution is 9.10. The average molecular weight is 388 g/mol. The third-order valence-corrected chi connectivity index (χ3v) is 3.26. The zero-order chi connectivity index (χ0) is 17.5. The number of carbonyl (C=O) groups excluding carboxylic acids is 1. The number of nitrogens with one attached hydrogen (secondary N) is 2. The highest BCUT2D eigenvalue weighted by Crippen LogP contribution is 2.20. The third kappa shape index (κ3) is 7.83. The lowest BCUT2D eigenvalue weighted by molar-refractivity contribution is 0.0526. The highest BCUT2D eigenvalue weighted by atomic mass is 79.9. The molecule has 0 aliphatic rings. The fourth-order valence-corrected chi connectivity index (χ4v) is 2.14. The number of amides is 1. The largest absolute Gasteiger partial charge is 0.478 e. The first-order valence-corrected chi connectivity index (χ1v) is 8.08. The van der Waals surface area contributed by atoms with E-state index in [9.17, 15) is 9.59 Å². The van der Waals surface area contributed by atoms with Crippen LogP contribution in [0.3, 0.4) is 0 Å². The van der Waals surface area contributed by atoms with Crippen molar-refractivity contribution in [2.24, 2.45) is 0 Å². The number of rotatable bonds is 7. The van der Waals surface area contributed by atoms with Crippen LogP contribution in [0.2, 0.25) is 0 Å². The number of carbonyl (C=O) groups is 2. The lowest BCUT2D eigenvalue weighted by Gasteiger charge is -2.19. The Kier molecular flexibility index (Phi) is 7.28. The van der Waals surface area contributed by atoms with Gasteiger partial charge in [0.15, 0.2) is 0 Å². The average Bonchev–Trinajstić information content (AvgIpc) is 2.41. The number of anilines is 1. The van der Waals surface area contributed by atoms with Crippen molar-refractivity contribution in [2.75, 3.05) is 18.4 Å². The van der Waals surface area contributed by atoms with Gasteiger partial charge in [-0.15, -0.1) is 0 Å². The van der Waals surface area contributed by atoms with E-state index in [2.05, 4.69) is 31.5 Å². The number of unbranched alkanes of at least 4 members (excludes halogenated alkanes) is 1. The molecule has 7 nitrogen and oxygen atoms in total. The SMILES string of the molecule is CC(C)(C)OC(=O)NCCCCNc1ncc(C(=O)O)cc1Br. The van der Waals surface area contributed by atoms with Gasteiger partial charge in [0.05, 0.1) is 10.0 Å². The van der Waals surface area contributed by atoms with Crippen LogP contribution in [0, 0.1) is 0 Å². The Morgan fingerprint density at radius 1 is 1.30 bits per heavy atom. The quantitative estimate of drug-likeness (QED) is 0.620. The summed E-state index contributed by atoms with van der Waals surface area (Å²) in [5.74, 6) is -0.423. The van der Waals surface area contributed by atoms with Crippen molar-refractivity contribution < 1.29 is 19.4 Å². The molecule has 8 heteroatoms. The van der Waals surface area contributed by atoms with E-state index >= 15 is 0 Å². The molecule has 0 aromatic carbocycles. The Bertz CT molecular complexity index is 558. The predicted octanol–water partition coefficient (Wildman–Crippen LogP) is 3.26. The minimum absolute atomic E-state index is 0.129. The molecule has 0 spiro atoms. The molecule has 3 N–H and O–H groups in total. The van der Waals surface area contributed by atoms with Gasteiger partial charge < -0.3 is 20.5 Å². The van der Waals surface area contributed by atoms with Crippen molar-refractivity contribution in [1.82, 2.24) is 10.3 Å². The highest BCUT2D eigenvalue weighted by Gasteiger charge is 2.15. The van der Waals surface area contributed by atoms with Crippen molar-refractivity contribution >= 4 is 33.8 Å². The Labute approximate surface area is 143 Å². The summed E-state index contributed by atoms with van der Waals surface area (Å²) < 4.78 is 5.73. The second-order valence-electron chi connectivity index (χ2n) is 5.92. The van der Waals surface area contributed by atoms with E-state index in [0.717, 1.165) is 12.8 Å². The number of pyridine rings is 1. The van der Waals surface area contributed by atoms with Crippen molar-refractivity contribution in [3.8, 4) is 0 Å². The molecule has 1 amide bonds. The summed E-state index contributed by atoms with van der Waals surface area (Å²) >= 11 is 3.28. The van der Waals surface area contributed by atoms with E-state index in [1.54, 1.807) is 0 Å². The van der Waals surface area contributed by atoms with E-state index < -0.39 is 17.7 Å². The first kappa shape index (κ1) is 19.2. The predicted molar refractivity (Wildman–Crippen MR) is 90.9 cm³/mol. The second kappa shape index (κ2) is 8.71. The Morgan fingerprint density at radius 3 is 2.52 bits per heavy atom. The lowest BCUT2D eigenvalue weighted by Crippen LogP contribution is -2.33. The summed E-state index contributed by atoms with van der Waals surface area (Å²) in [6.45, 7) is 6.64. The number of carboxylic acid groups (broad SMARTS) is 1. The topological polar surface area (TPSA) is 101 Å². The van der Waals surface area contributed by atoms with Crippen LogP contribution < -0.4 is 10.6 Å². The van der Waals surface area contributed by atoms with Gasteiger partial charge >= 0.3 is 12.1 Å². The van der Waals surface area contributed by atoms with Crippen LogP contribution in [0.4, 0.5) is 10.6 Å². The fraction of sp³-hybridized carbons (Fsp3) is 0.533. The Balaban J connectivity index is 2.23. The molecule has 0 saturated heterocycles. The molecule has 1 heterocycles. The zero-order valence-electron chi connectivity index (χ0n) is 13.5. The molecule has 1 aromatic rings. The smallest absolute Gasteiger partial charge is 0.407 e. The van der Waals surface area contributed by atoms with Crippen LogP contribution in [0.15, 0.2) is 16.7 Å². The van der Waals surface area contributed by atoms with Gasteiger partial charge in [-0.2, -0.15) is 0 Å². The van der Waals surface area contributed by atoms with Crippen LogP contribution in [-0.2, 0) is 4.74 Å². The summed E-state index contributed by atoms with van der Waals surface area (Å²) in [6, 6.07) is 1.50. The van der Waals surface area contributed by atoms with E-state index in [1.165, 1.54) is 12.3 Å². The van der Waals surface area contributed by atoms with E-state index in [0.29, 0.717) is 23.4 Å². The normalized spacial score (nSPS) is 11.0. The molecular weight excluding hydrogens is 366 g/mol. The Hall–Kier alpha value is -1.83. The number of carboxylic acids is 1. The molecule has 0 atom stereocenters. The first-order valence-electron chi connectivity index (χ1n) is 7.28. The van der Waals surface area contributed by atoms with Crippen molar-refractivity contribution in [3.05, 3.63) is 22.3 Å². The maximum Gasteiger partial charge on any atom is 0.407 e. The number of hydrogen-bond donors (Lipinski definition) is 3. The zero-order valence-corrected chi connectivity index (χ0v) is 15.1. The van der Waals surface area contributed by atoms with Crippen LogP contribution in [0.25, 0.3) is 0 Å². The van der Waals surface area contributed by atoms with Crippen LogP contribution in [-0.4, -0.2) is 40.8 Å². The number of aromatic nitrogens is 1. The number of aromatic carboxylic acids is 1. The summed E-state index contributed by atoms with van der Waals surface area (Å²) in [5.41, 5.74) is -0.366. The Morgan fingerprint density at radius 2 is 1.96 bits per heavy atom. The summed E-state index contributed by atoms with van der Waals surface area (Å²) in [5, 5.41) is 14.7. The van der Waals surface area contributed by atoms with Crippen LogP contribution in [0.5, 0.6) is 0 Å². The number of halogens is 1. The number of hydrogen-bond acceptors (Lipinski definition) is 5. The van der Waals surface area contributed by atoms with Gasteiger partial charge in [-0.3, -0.25) is 0 Å². The van der Waals surface area contributed by atoms with Crippen LogP contribution in [0.1, 0.15) is 44.0 Å². The molecule has 23 heavy (non-hydrogen) atoms. The van der Waals surface area contributed by atoms with Gasteiger partial charge in [-0.1, -0.05) is 0 Å². The van der Waals surface area contributed by atoms with Gasteiger partial charge in [-0.25, -0.2) is 14.6 Å². The minimum atomic E-state index is -1.02. The maximum absolute atomic E-state index is 11.4. The molecule has 0 aliphatic heterocycles. The monoisotopic (exact) mass is 387 g/mol. The molecule has 0 radical (unpaired) electrons. The van der Waals surface area contributed by atoms with E-state index in [1.807, 2.05) is 20.8 Å². The van der Waals surface area contributed by atoms with E-state index in [-0.39, 0.29) is 5.56 Å². The second-order valence-corrected chi connectivity index (χ2v) is 6.78. The molecule has 1 aromatic heterocycles. The summed E-state index contributed by atoms with van der Waals surface area (Å²) in [7, 11) is 0. The van der Waals surface area contributed by atoms with Crippen LogP contribution >= 0.6 is 15.9 Å². The van der Waals surface area contributed by atoms with E-state index in [4.69, 9.17) is 9.84 Å². The molecular formula is C15H22BrN3O4. The molecule has 0 fully saturated rings. The number of alkyl carbamates (subject to hydrolysis) is 1. The first-order chi connectivity index (χ1) is 10.7. The number of nitrogens with zero attached hydrogens (tertiary/aromatic N) is 1. The third-order valence-electron chi connectivity index (χ3n) is 2.65. The fourth-order valence-electron chi connectivity index (χ4n) is 1.65. The maximum atomic E-state index is 11.4. The molecule has 128 valence electrons. The minimum Gasteiger partial charge on any atom is -0.478 e. The van der Waals surface area contributed by atoms with Gasteiger partial charge in [0.1, 0.15) is 11.4 Å². The van der Waals surface area contributed by atoms with Gasteiger partial charge in [0.2, 0.25) is 0 Å². The molecule has 0 bridgehead atoms. The van der Waals surface area contributed by atoms with Crippen molar-refractivity contribution in [2.45, 2.75) is 39.2 Å². The molecule has 1 rings (SSSR count). The number of ether oxygens (including phenoxy) is 1. The summed E-state index contributed by atoms with van der Waals surface area (Å²) in [4.78, 5) is 26.3. The van der Waals surface area contributed by atoms with Gasteiger partial charge in [0.25, 0.3) is 0 Å². The lowest BCUT2D eigenvalue weighted by atomic mass is 10.2. The van der Waals surface area contributed by atoms with Gasteiger partial charge in [0, 0.05) is 19.3 Å². The molecule has 0 saturated carbocycles. The van der Waals surface area contributed by atoms with Crippen molar-refractivity contribution in [3.63, 3.8) is 0 Å². The molecule has 0 unspecified atom stereocenters. The van der Waals surface area contributed by atoms with Gasteiger partial charge in [-0.05, 0) is 55.6 Å².